The molecule has 0 aliphatic heterocycles. The molecule has 88 valence electrons. The molecule has 17 heavy (non-hydrogen) atoms. The fourth-order valence-electron chi connectivity index (χ4n) is 1.14. The summed E-state index contributed by atoms with van der Waals surface area (Å²) in [6.45, 7) is 0.721. The summed E-state index contributed by atoms with van der Waals surface area (Å²) < 4.78 is 0. The number of rotatable bonds is 4. The summed E-state index contributed by atoms with van der Waals surface area (Å²) in [5.41, 5.74) is -0.302. The molecule has 0 saturated carbocycles. The summed E-state index contributed by atoms with van der Waals surface area (Å²) in [4.78, 5) is 29.9. The molecular weight excluding hydrogens is 226 g/mol. The van der Waals surface area contributed by atoms with Crippen molar-refractivity contribution in [2.45, 2.75) is 6.54 Å². The van der Waals surface area contributed by atoms with Crippen molar-refractivity contribution < 1.29 is 4.79 Å². The molecule has 2 rings (SSSR count). The fourth-order valence-corrected chi connectivity index (χ4v) is 1.14. The number of carbonyl (C=O) groups is 1. The van der Waals surface area contributed by atoms with Crippen LogP contribution in [0.4, 0.5) is 0 Å². The molecule has 2 aromatic rings. The molecule has 0 aromatic carbocycles. The van der Waals surface area contributed by atoms with Crippen LogP contribution < -0.4 is 10.9 Å². The van der Waals surface area contributed by atoms with Crippen molar-refractivity contribution in [1.29, 1.82) is 0 Å². The maximum absolute atomic E-state index is 11.5. The molecule has 0 aliphatic rings. The van der Waals surface area contributed by atoms with E-state index in [1.165, 1.54) is 17.5 Å². The van der Waals surface area contributed by atoms with E-state index < -0.39 is 5.91 Å². The van der Waals surface area contributed by atoms with Gasteiger partial charge in [-0.15, -0.1) is 10.2 Å². The zero-order chi connectivity index (χ0) is 12.1. The van der Waals surface area contributed by atoms with Gasteiger partial charge in [0.25, 0.3) is 11.5 Å². The molecule has 2 heterocycles. The lowest BCUT2D eigenvalue weighted by Gasteiger charge is -2.02. The first-order valence-corrected chi connectivity index (χ1v) is 4.79. The largest absolute Gasteiger partial charge is 0.349 e. The van der Waals surface area contributed by atoms with Crippen LogP contribution in [0, 0.1) is 0 Å². The van der Waals surface area contributed by atoms with Crippen molar-refractivity contribution in [2.75, 3.05) is 6.54 Å². The van der Waals surface area contributed by atoms with E-state index in [2.05, 4.69) is 30.7 Å². The molecule has 1 amide bonds. The highest BCUT2D eigenvalue weighted by Gasteiger charge is 2.06. The molecular formula is C8H9N7O2. The average Bonchev–Trinajstić information content (AvgIpc) is 2.82. The second-order valence-corrected chi connectivity index (χ2v) is 3.08. The van der Waals surface area contributed by atoms with Gasteiger partial charge >= 0.3 is 0 Å². The van der Waals surface area contributed by atoms with Gasteiger partial charge in [-0.1, -0.05) is 0 Å². The highest BCUT2D eigenvalue weighted by atomic mass is 16.2. The topological polar surface area (TPSA) is 118 Å². The number of nitrogens with one attached hydrogen (secondary N) is 2. The third-order valence-corrected chi connectivity index (χ3v) is 1.90. The molecule has 0 aliphatic carbocycles. The minimum absolute atomic E-state index is 0.0697. The number of tetrazole rings is 1. The van der Waals surface area contributed by atoms with E-state index in [4.69, 9.17) is 0 Å². The Hall–Kier alpha value is -2.58. The van der Waals surface area contributed by atoms with Gasteiger partial charge in [-0.2, -0.15) is 4.80 Å². The lowest BCUT2D eigenvalue weighted by Crippen LogP contribution is -2.29. The highest BCUT2D eigenvalue weighted by molar-refractivity contribution is 5.91. The van der Waals surface area contributed by atoms with E-state index in [0.717, 1.165) is 6.07 Å². The van der Waals surface area contributed by atoms with Crippen molar-refractivity contribution >= 4 is 5.91 Å². The number of carbonyl (C=O) groups excluding carboxylic acids is 1. The van der Waals surface area contributed by atoms with E-state index in [-0.39, 0.29) is 11.3 Å². The third-order valence-electron chi connectivity index (χ3n) is 1.90. The molecule has 0 spiro atoms. The molecule has 0 bridgehead atoms. The van der Waals surface area contributed by atoms with Crippen LogP contribution in [0.25, 0.3) is 0 Å². The number of hydrogen-bond acceptors (Lipinski definition) is 6. The van der Waals surface area contributed by atoms with E-state index in [0.29, 0.717) is 13.1 Å². The van der Waals surface area contributed by atoms with Crippen LogP contribution in [-0.2, 0) is 6.54 Å². The van der Waals surface area contributed by atoms with Crippen molar-refractivity contribution in [2.24, 2.45) is 0 Å². The monoisotopic (exact) mass is 235 g/mol. The first-order valence-electron chi connectivity index (χ1n) is 4.79. The van der Waals surface area contributed by atoms with Gasteiger partial charge in [0, 0.05) is 12.6 Å². The van der Waals surface area contributed by atoms with Gasteiger partial charge in [-0.25, -0.2) is 4.98 Å². The van der Waals surface area contributed by atoms with Crippen molar-refractivity contribution in [1.82, 2.24) is 35.5 Å². The van der Waals surface area contributed by atoms with Gasteiger partial charge in [0.1, 0.15) is 5.69 Å². The normalized spacial score (nSPS) is 10.1. The van der Waals surface area contributed by atoms with Crippen LogP contribution in [0.3, 0.4) is 0 Å². The number of nitrogens with zero attached hydrogens (tertiary/aromatic N) is 5. The Morgan fingerprint density at radius 2 is 2.41 bits per heavy atom. The summed E-state index contributed by atoms with van der Waals surface area (Å²) in [6.07, 6.45) is 2.48. The second-order valence-electron chi connectivity index (χ2n) is 3.08. The van der Waals surface area contributed by atoms with Gasteiger partial charge < -0.3 is 10.3 Å². The van der Waals surface area contributed by atoms with Crippen molar-refractivity contribution in [3.05, 3.63) is 34.8 Å². The SMILES string of the molecule is O=C(NCCn1ncnn1)c1cc(=O)[nH]cn1. The van der Waals surface area contributed by atoms with Gasteiger partial charge in [-0.05, 0) is 5.21 Å². The first-order chi connectivity index (χ1) is 8.25. The maximum Gasteiger partial charge on any atom is 0.270 e. The zero-order valence-electron chi connectivity index (χ0n) is 8.70. The Morgan fingerprint density at radius 3 is 3.12 bits per heavy atom. The van der Waals surface area contributed by atoms with Gasteiger partial charge in [0.05, 0.1) is 12.9 Å². The van der Waals surface area contributed by atoms with Gasteiger partial charge in [-0.3, -0.25) is 9.59 Å². The lowest BCUT2D eigenvalue weighted by molar-refractivity contribution is 0.0946. The van der Waals surface area contributed by atoms with Crippen LogP contribution in [0.5, 0.6) is 0 Å². The van der Waals surface area contributed by atoms with E-state index >= 15 is 0 Å². The third kappa shape index (κ3) is 2.93. The van der Waals surface area contributed by atoms with Crippen LogP contribution in [0.1, 0.15) is 10.5 Å². The Labute approximate surface area is 94.9 Å². The molecule has 9 heteroatoms. The number of amides is 1. The van der Waals surface area contributed by atoms with Gasteiger partial charge in [0.15, 0.2) is 6.33 Å². The smallest absolute Gasteiger partial charge is 0.270 e. The Morgan fingerprint density at radius 1 is 1.53 bits per heavy atom. The molecule has 9 nitrogen and oxygen atoms in total. The van der Waals surface area contributed by atoms with Crippen LogP contribution in [0.2, 0.25) is 0 Å². The molecule has 0 radical (unpaired) electrons. The van der Waals surface area contributed by atoms with E-state index in [1.54, 1.807) is 0 Å². The Kier molecular flexibility index (Phi) is 3.19. The summed E-state index contributed by atoms with van der Waals surface area (Å²) in [7, 11) is 0. The quantitative estimate of drug-likeness (QED) is 0.644. The summed E-state index contributed by atoms with van der Waals surface area (Å²) in [5.74, 6) is -0.420. The van der Waals surface area contributed by atoms with Crippen LogP contribution in [0.15, 0.2) is 23.5 Å². The standard InChI is InChI=1S/C8H9N7O2/c16-7-3-6(10-4-11-7)8(17)9-1-2-15-13-5-12-14-15/h3-5H,1-2H2,(H,9,17)(H,10,11,16). The van der Waals surface area contributed by atoms with Crippen molar-refractivity contribution in [3.8, 4) is 0 Å². The van der Waals surface area contributed by atoms with Crippen LogP contribution >= 0.6 is 0 Å². The Balaban J connectivity index is 1.87. The number of H-pyrrole nitrogens is 1. The number of hydrogen-bond donors (Lipinski definition) is 2. The predicted molar refractivity (Wildman–Crippen MR) is 55.0 cm³/mol. The molecule has 0 saturated heterocycles. The maximum atomic E-state index is 11.5. The molecule has 2 aromatic heterocycles. The van der Waals surface area contributed by atoms with E-state index in [1.807, 2.05) is 0 Å². The molecule has 0 unspecified atom stereocenters. The highest BCUT2D eigenvalue weighted by Crippen LogP contribution is 1.86. The summed E-state index contributed by atoms with van der Waals surface area (Å²) >= 11 is 0. The van der Waals surface area contributed by atoms with Crippen LogP contribution in [-0.4, -0.2) is 42.6 Å². The molecule has 2 N–H and O–H groups in total. The summed E-state index contributed by atoms with van der Waals surface area (Å²) in [6, 6.07) is 1.13. The first kappa shape index (κ1) is 10.9. The minimum Gasteiger partial charge on any atom is -0.349 e. The fraction of sp³-hybridized carbons (Fsp3) is 0.250. The van der Waals surface area contributed by atoms with Gasteiger partial charge in [0.2, 0.25) is 0 Å². The number of aromatic nitrogens is 6. The average molecular weight is 235 g/mol. The van der Waals surface area contributed by atoms with Crippen molar-refractivity contribution in [3.63, 3.8) is 0 Å². The predicted octanol–water partition coefficient (Wildman–Crippen LogP) is -1.81. The second kappa shape index (κ2) is 4.96. The minimum atomic E-state index is -0.420. The molecule has 0 fully saturated rings. The number of aromatic amines is 1. The Bertz CT molecular complexity index is 547. The summed E-state index contributed by atoms with van der Waals surface area (Å²) in [5, 5.41) is 13.5. The lowest BCUT2D eigenvalue weighted by atomic mass is 10.4. The zero-order valence-corrected chi connectivity index (χ0v) is 8.70. The van der Waals surface area contributed by atoms with E-state index in [9.17, 15) is 9.59 Å². The molecule has 0 atom stereocenters.